The molecule has 7 nitrogen and oxygen atoms in total. The topological polar surface area (TPSA) is 73.0 Å². The average molecular weight is 507 g/mol. The zero-order valence-corrected chi connectivity index (χ0v) is 21.3. The lowest BCUT2D eigenvalue weighted by Gasteiger charge is -2.36. The van der Waals surface area contributed by atoms with Crippen LogP contribution in [0.25, 0.3) is 0 Å². The van der Waals surface area contributed by atoms with Crippen molar-refractivity contribution >= 4 is 40.7 Å². The summed E-state index contributed by atoms with van der Waals surface area (Å²) in [6.07, 6.45) is 4.77. The molecule has 2 aromatic carbocycles. The number of benzene rings is 2. The zero-order valence-electron chi connectivity index (χ0n) is 20.5. The van der Waals surface area contributed by atoms with Crippen LogP contribution in [-0.4, -0.2) is 59.7 Å². The van der Waals surface area contributed by atoms with Gasteiger partial charge in [0.15, 0.2) is 0 Å². The van der Waals surface area contributed by atoms with E-state index in [9.17, 15) is 14.4 Å². The van der Waals surface area contributed by atoms with Crippen LogP contribution in [0.4, 0.5) is 11.4 Å². The minimum atomic E-state index is -0.433. The van der Waals surface area contributed by atoms with Crippen LogP contribution in [0.15, 0.2) is 59.3 Å². The second-order valence-electron chi connectivity index (χ2n) is 9.73. The number of hydrogen-bond acceptors (Lipinski definition) is 5. The van der Waals surface area contributed by atoms with Gasteiger partial charge in [-0.3, -0.25) is 19.3 Å². The molecule has 0 aromatic heterocycles. The highest BCUT2D eigenvalue weighted by atomic mass is 35.5. The van der Waals surface area contributed by atoms with E-state index in [1.54, 1.807) is 12.1 Å². The predicted molar refractivity (Wildman–Crippen MR) is 141 cm³/mol. The maximum atomic E-state index is 13.3. The van der Waals surface area contributed by atoms with Gasteiger partial charge in [-0.05, 0) is 49.6 Å². The molecule has 1 aliphatic carbocycles. The van der Waals surface area contributed by atoms with Gasteiger partial charge in [0.1, 0.15) is 10.7 Å². The first-order valence-electron chi connectivity index (χ1n) is 12.7. The number of hydrogen-bond donors (Lipinski definition) is 1. The Hall–Kier alpha value is -3.32. The molecule has 2 fully saturated rings. The highest BCUT2D eigenvalue weighted by Gasteiger charge is 2.42. The number of carbonyl (C=O) groups excluding carboxylic acids is 3. The molecule has 1 saturated heterocycles. The van der Waals surface area contributed by atoms with E-state index in [2.05, 4.69) is 22.3 Å². The Morgan fingerprint density at radius 3 is 2.31 bits per heavy atom. The first-order valence-corrected chi connectivity index (χ1v) is 13.1. The zero-order chi connectivity index (χ0) is 25.2. The van der Waals surface area contributed by atoms with Crippen LogP contribution in [0.2, 0.25) is 0 Å². The lowest BCUT2D eigenvalue weighted by Crippen LogP contribution is -2.48. The molecule has 3 amide bonds. The molecule has 3 aliphatic rings. The van der Waals surface area contributed by atoms with Gasteiger partial charge in [0, 0.05) is 49.2 Å². The number of anilines is 2. The van der Waals surface area contributed by atoms with Gasteiger partial charge in [-0.25, -0.2) is 0 Å². The van der Waals surface area contributed by atoms with E-state index in [1.807, 2.05) is 36.1 Å². The fourth-order valence-electron chi connectivity index (χ4n) is 5.31. The van der Waals surface area contributed by atoms with Crippen LogP contribution in [-0.2, 0) is 9.59 Å². The molecule has 2 heterocycles. The number of nitrogens with one attached hydrogen (secondary N) is 1. The third-order valence-corrected chi connectivity index (χ3v) is 7.78. The van der Waals surface area contributed by atoms with E-state index in [0.29, 0.717) is 24.3 Å². The fourth-order valence-corrected chi connectivity index (χ4v) is 5.53. The molecule has 0 unspecified atom stereocenters. The molecule has 1 N–H and O–H groups in total. The normalized spacial score (nSPS) is 19.3. The molecule has 36 heavy (non-hydrogen) atoms. The summed E-state index contributed by atoms with van der Waals surface area (Å²) in [7, 11) is 0. The second-order valence-corrected chi connectivity index (χ2v) is 10.1. The fraction of sp³-hybridized carbons (Fsp3) is 0.393. The van der Waals surface area contributed by atoms with Gasteiger partial charge in [-0.15, -0.1) is 0 Å². The Labute approximate surface area is 216 Å². The molecule has 1 saturated carbocycles. The minimum absolute atomic E-state index is 0.0523. The number of piperazine rings is 1. The highest BCUT2D eigenvalue weighted by Crippen LogP contribution is 2.33. The van der Waals surface area contributed by atoms with Crippen LogP contribution in [0.3, 0.4) is 0 Å². The van der Waals surface area contributed by atoms with Gasteiger partial charge in [0.2, 0.25) is 0 Å². The van der Waals surface area contributed by atoms with Crippen LogP contribution < -0.4 is 10.2 Å². The van der Waals surface area contributed by atoms with Gasteiger partial charge in [-0.2, -0.15) is 0 Å². The number of rotatable bonds is 5. The molecule has 2 aromatic rings. The number of nitrogens with zero attached hydrogens (tertiary/aromatic N) is 3. The summed E-state index contributed by atoms with van der Waals surface area (Å²) in [5.41, 5.74) is 3.25. The molecule has 188 valence electrons. The summed E-state index contributed by atoms with van der Waals surface area (Å²) >= 11 is 6.35. The van der Waals surface area contributed by atoms with Crippen molar-refractivity contribution in [3.63, 3.8) is 0 Å². The van der Waals surface area contributed by atoms with E-state index in [0.717, 1.165) is 56.4 Å². The van der Waals surface area contributed by atoms with Crippen molar-refractivity contribution in [3.8, 4) is 0 Å². The van der Waals surface area contributed by atoms with Crippen molar-refractivity contribution in [2.75, 3.05) is 36.4 Å². The van der Waals surface area contributed by atoms with E-state index >= 15 is 0 Å². The molecule has 0 spiro atoms. The molecule has 8 heteroatoms. The number of carbonyl (C=O) groups is 3. The van der Waals surface area contributed by atoms with E-state index in [1.165, 1.54) is 4.90 Å². The van der Waals surface area contributed by atoms with Crippen molar-refractivity contribution in [2.24, 2.45) is 0 Å². The third kappa shape index (κ3) is 4.72. The molecular weight excluding hydrogens is 476 g/mol. The van der Waals surface area contributed by atoms with Crippen molar-refractivity contribution < 1.29 is 14.4 Å². The van der Waals surface area contributed by atoms with E-state index in [-0.39, 0.29) is 28.6 Å². The van der Waals surface area contributed by atoms with Crippen LogP contribution in [0.5, 0.6) is 0 Å². The Morgan fingerprint density at radius 2 is 1.61 bits per heavy atom. The lowest BCUT2D eigenvalue weighted by atomic mass is 9.94. The first kappa shape index (κ1) is 24.4. The van der Waals surface area contributed by atoms with Crippen molar-refractivity contribution in [1.82, 2.24) is 9.80 Å². The number of imide groups is 1. The third-order valence-electron chi connectivity index (χ3n) is 7.43. The standard InChI is InChI=1S/C28H31ClN4O3/c1-19-12-13-20(26(34)32-16-14-31(15-17-32)21-8-4-2-5-9-21)18-23(19)30-25-24(29)27(35)33(28(25)36)22-10-6-3-7-11-22/h2,4-5,8-9,12-13,18,22,30H,3,6-7,10-11,14-17H2,1H3. The van der Waals surface area contributed by atoms with Crippen molar-refractivity contribution in [1.29, 1.82) is 0 Å². The summed E-state index contributed by atoms with van der Waals surface area (Å²) in [4.78, 5) is 44.7. The minimum Gasteiger partial charge on any atom is -0.368 e. The van der Waals surface area contributed by atoms with Crippen LogP contribution >= 0.6 is 11.6 Å². The Balaban J connectivity index is 1.28. The predicted octanol–water partition coefficient (Wildman–Crippen LogP) is 4.52. The smallest absolute Gasteiger partial charge is 0.279 e. The number of para-hydroxylation sites is 1. The first-order chi connectivity index (χ1) is 17.4. The Bertz CT molecular complexity index is 1200. The lowest BCUT2D eigenvalue weighted by molar-refractivity contribution is -0.140. The SMILES string of the molecule is Cc1ccc(C(=O)N2CCN(c3ccccc3)CC2)cc1NC1=C(Cl)C(=O)N(C2CCCCC2)C1=O. The van der Waals surface area contributed by atoms with Crippen molar-refractivity contribution in [2.45, 2.75) is 45.1 Å². The van der Waals surface area contributed by atoms with Gasteiger partial charge in [0.05, 0.1) is 0 Å². The summed E-state index contributed by atoms with van der Waals surface area (Å²) in [6.45, 7) is 4.69. The van der Waals surface area contributed by atoms with Gasteiger partial charge >= 0.3 is 0 Å². The Morgan fingerprint density at radius 1 is 0.917 bits per heavy atom. The van der Waals surface area contributed by atoms with Crippen LogP contribution in [0.1, 0.15) is 48.0 Å². The summed E-state index contributed by atoms with van der Waals surface area (Å²) in [5.74, 6) is -0.870. The quantitative estimate of drug-likeness (QED) is 0.603. The van der Waals surface area contributed by atoms with Gasteiger partial charge < -0.3 is 15.1 Å². The van der Waals surface area contributed by atoms with Crippen LogP contribution in [0, 0.1) is 6.92 Å². The molecule has 0 radical (unpaired) electrons. The van der Waals surface area contributed by atoms with E-state index < -0.39 is 5.91 Å². The summed E-state index contributed by atoms with van der Waals surface area (Å²) in [5, 5.41) is 3.01. The van der Waals surface area contributed by atoms with Gasteiger partial charge in [0.25, 0.3) is 17.7 Å². The maximum Gasteiger partial charge on any atom is 0.279 e. The number of halogens is 1. The molecule has 0 bridgehead atoms. The maximum absolute atomic E-state index is 13.3. The monoisotopic (exact) mass is 506 g/mol. The second kappa shape index (κ2) is 10.3. The van der Waals surface area contributed by atoms with Gasteiger partial charge in [-0.1, -0.05) is 55.1 Å². The number of amides is 3. The summed E-state index contributed by atoms with van der Waals surface area (Å²) in [6, 6.07) is 15.5. The van der Waals surface area contributed by atoms with Crippen molar-refractivity contribution in [3.05, 3.63) is 70.4 Å². The highest BCUT2D eigenvalue weighted by molar-refractivity contribution is 6.48. The average Bonchev–Trinajstić information content (AvgIpc) is 3.13. The number of aryl methyl sites for hydroxylation is 1. The molecule has 5 rings (SSSR count). The molecular formula is C28H31ClN4O3. The molecule has 0 atom stereocenters. The molecule has 2 aliphatic heterocycles. The summed E-state index contributed by atoms with van der Waals surface area (Å²) < 4.78 is 0. The van der Waals surface area contributed by atoms with E-state index in [4.69, 9.17) is 11.6 Å². The Kier molecular flexibility index (Phi) is 7.01. The largest absolute Gasteiger partial charge is 0.368 e.